The summed E-state index contributed by atoms with van der Waals surface area (Å²) in [7, 11) is 0. The molecule has 6 rings (SSSR count). The highest BCUT2D eigenvalue weighted by molar-refractivity contribution is 5.94. The van der Waals surface area contributed by atoms with Crippen molar-refractivity contribution in [3.05, 3.63) is 98.3 Å². The summed E-state index contributed by atoms with van der Waals surface area (Å²) < 4.78 is 7.41. The van der Waals surface area contributed by atoms with E-state index < -0.39 is 12.2 Å². The summed E-state index contributed by atoms with van der Waals surface area (Å²) in [5.41, 5.74) is 4.92. The molecule has 2 aromatic carbocycles. The molecule has 3 heterocycles. The number of carbonyl (C=O) groups is 3. The number of rotatable bonds is 12. The maximum absolute atomic E-state index is 13.6. The molecule has 0 spiro atoms. The average Bonchev–Trinajstić information content (AvgIpc) is 3.46. The number of carbonyl (C=O) groups excluding carboxylic acids is 3. The zero-order chi connectivity index (χ0) is 34.0. The van der Waals surface area contributed by atoms with Crippen molar-refractivity contribution in [2.75, 3.05) is 13.2 Å². The Bertz CT molecular complexity index is 2010. The lowest BCUT2D eigenvalue weighted by Gasteiger charge is -2.32. The normalized spacial score (nSPS) is 16.6. The summed E-state index contributed by atoms with van der Waals surface area (Å²) in [6, 6.07) is 14.9. The van der Waals surface area contributed by atoms with E-state index in [1.165, 1.54) is 6.08 Å². The molecular weight excluding hydrogens is 610 g/mol. The zero-order valence-electron chi connectivity index (χ0n) is 27.2. The van der Waals surface area contributed by atoms with Gasteiger partial charge >= 0.3 is 5.97 Å². The number of fused-ring (bicyclic) bond motifs is 5. The van der Waals surface area contributed by atoms with Crippen LogP contribution in [0.3, 0.4) is 0 Å². The number of benzene rings is 2. The van der Waals surface area contributed by atoms with Gasteiger partial charge < -0.3 is 24.8 Å². The van der Waals surface area contributed by atoms with Crippen LogP contribution in [0.25, 0.3) is 28.4 Å². The highest BCUT2D eigenvalue weighted by Crippen LogP contribution is 2.41. The van der Waals surface area contributed by atoms with E-state index in [-0.39, 0.29) is 42.4 Å². The number of hydrogen-bond donors (Lipinski definition) is 3. The summed E-state index contributed by atoms with van der Waals surface area (Å²) in [6.45, 7) is 4.90. The van der Waals surface area contributed by atoms with Gasteiger partial charge in [0, 0.05) is 41.5 Å². The predicted octanol–water partition coefficient (Wildman–Crippen LogP) is 4.15. The molecule has 0 radical (unpaired) electrons. The fourth-order valence-electron chi connectivity index (χ4n) is 6.75. The Morgan fingerprint density at radius 2 is 1.85 bits per heavy atom. The van der Waals surface area contributed by atoms with Crippen LogP contribution in [0.2, 0.25) is 0 Å². The number of ether oxygens (including phenoxy) is 1. The maximum atomic E-state index is 13.6. The number of aliphatic hydroxyl groups is 2. The van der Waals surface area contributed by atoms with Crippen LogP contribution in [0.5, 0.6) is 5.75 Å². The van der Waals surface area contributed by atoms with Gasteiger partial charge in [-0.1, -0.05) is 44.2 Å². The molecule has 0 saturated heterocycles. The van der Waals surface area contributed by atoms with Crippen molar-refractivity contribution >= 4 is 34.5 Å². The van der Waals surface area contributed by atoms with E-state index in [2.05, 4.69) is 5.32 Å². The molecule has 10 heteroatoms. The molecule has 2 aromatic heterocycles. The third-order valence-electron chi connectivity index (χ3n) is 9.40. The largest absolute Gasteiger partial charge is 0.427 e. The van der Waals surface area contributed by atoms with E-state index in [4.69, 9.17) is 14.8 Å². The second-order valence-electron chi connectivity index (χ2n) is 12.4. The number of Topliss-reactive ketones (excluding diaryl/α,β-unsaturated/α-hetero) is 1. The lowest BCUT2D eigenvalue weighted by Crippen LogP contribution is -2.43. The topological polar surface area (TPSA) is 148 Å². The van der Waals surface area contributed by atoms with Crippen molar-refractivity contribution < 1.29 is 29.3 Å². The van der Waals surface area contributed by atoms with Gasteiger partial charge in [0.05, 0.1) is 23.4 Å². The predicted molar refractivity (Wildman–Crippen MR) is 182 cm³/mol. The van der Waals surface area contributed by atoms with E-state index in [0.717, 1.165) is 27.6 Å². The summed E-state index contributed by atoms with van der Waals surface area (Å²) in [6.07, 6.45) is 5.19. The van der Waals surface area contributed by atoms with Crippen molar-refractivity contribution in [2.45, 2.75) is 71.1 Å². The number of aryl methyl sites for hydroxylation is 1. The van der Waals surface area contributed by atoms with Gasteiger partial charge in [-0.15, -0.1) is 0 Å². The van der Waals surface area contributed by atoms with Gasteiger partial charge in [-0.3, -0.25) is 19.2 Å². The van der Waals surface area contributed by atoms with E-state index in [0.29, 0.717) is 72.7 Å². The SMILES string of the molecule is CCc1c2c(nc3ccc(OC(=O)CCCNCc4ccc(/C=C/C(=O)CO)cc4)cc13)-c1cc3c(c(=O)n1C2)CCC(=O)[C@]3(O)CC. The van der Waals surface area contributed by atoms with Crippen molar-refractivity contribution in [3.8, 4) is 17.1 Å². The van der Waals surface area contributed by atoms with Gasteiger partial charge in [0.1, 0.15) is 18.0 Å². The Morgan fingerprint density at radius 1 is 1.06 bits per heavy atom. The molecule has 2 aliphatic rings. The number of aromatic nitrogens is 2. The molecule has 1 aliphatic heterocycles. The fraction of sp³-hybridized carbons (Fsp3) is 0.342. The molecule has 0 saturated carbocycles. The van der Waals surface area contributed by atoms with Crippen molar-refractivity contribution in [1.82, 2.24) is 14.9 Å². The van der Waals surface area contributed by atoms with Crippen LogP contribution in [0, 0.1) is 0 Å². The van der Waals surface area contributed by atoms with Crippen LogP contribution in [0.15, 0.2) is 59.4 Å². The van der Waals surface area contributed by atoms with Crippen LogP contribution in [0.1, 0.15) is 72.9 Å². The van der Waals surface area contributed by atoms with Gasteiger partial charge in [0.2, 0.25) is 0 Å². The molecule has 0 amide bonds. The Morgan fingerprint density at radius 3 is 2.58 bits per heavy atom. The molecule has 3 N–H and O–H groups in total. The first-order valence-electron chi connectivity index (χ1n) is 16.5. The van der Waals surface area contributed by atoms with E-state index in [1.807, 2.05) is 43.3 Å². The molecule has 4 aromatic rings. The maximum Gasteiger partial charge on any atom is 0.311 e. The first kappa shape index (κ1) is 33.1. The van der Waals surface area contributed by atoms with Crippen molar-refractivity contribution in [1.29, 1.82) is 0 Å². The lowest BCUT2D eigenvalue weighted by atomic mass is 9.77. The molecule has 48 heavy (non-hydrogen) atoms. The molecule has 1 atom stereocenters. The monoisotopic (exact) mass is 649 g/mol. The Kier molecular flexibility index (Phi) is 9.50. The second-order valence-corrected chi connectivity index (χ2v) is 12.4. The Labute approximate surface area is 278 Å². The number of aliphatic hydroxyl groups excluding tert-OH is 1. The summed E-state index contributed by atoms with van der Waals surface area (Å²) >= 11 is 0. The van der Waals surface area contributed by atoms with Gasteiger partial charge in [-0.2, -0.15) is 0 Å². The molecule has 0 unspecified atom stereocenters. The molecule has 248 valence electrons. The number of ketones is 2. The van der Waals surface area contributed by atoms with Gasteiger partial charge in [-0.25, -0.2) is 4.98 Å². The number of nitrogens with one attached hydrogen (secondary N) is 1. The zero-order valence-corrected chi connectivity index (χ0v) is 27.2. The van der Waals surface area contributed by atoms with Gasteiger partial charge in [0.25, 0.3) is 5.56 Å². The van der Waals surface area contributed by atoms with Gasteiger partial charge in [0.15, 0.2) is 11.6 Å². The highest BCUT2D eigenvalue weighted by atomic mass is 16.5. The van der Waals surface area contributed by atoms with Gasteiger partial charge in [-0.05, 0) is 79.3 Å². The number of esters is 1. The van der Waals surface area contributed by atoms with E-state index in [9.17, 15) is 24.3 Å². The summed E-state index contributed by atoms with van der Waals surface area (Å²) in [4.78, 5) is 55.2. The average molecular weight is 650 g/mol. The van der Waals surface area contributed by atoms with Crippen LogP contribution in [0.4, 0.5) is 0 Å². The van der Waals surface area contributed by atoms with Crippen LogP contribution in [-0.4, -0.2) is 50.5 Å². The van der Waals surface area contributed by atoms with E-state index >= 15 is 0 Å². The third kappa shape index (κ3) is 6.26. The van der Waals surface area contributed by atoms with Crippen LogP contribution >= 0.6 is 0 Å². The number of pyridine rings is 2. The quantitative estimate of drug-likeness (QED) is 0.0785. The Balaban J connectivity index is 1.11. The minimum atomic E-state index is -1.67. The Hall–Kier alpha value is -4.77. The smallest absolute Gasteiger partial charge is 0.311 e. The summed E-state index contributed by atoms with van der Waals surface area (Å²) in [5.74, 6) is -0.505. The standard InChI is InChI=1S/C38H39N3O7/c1-3-27-29-18-26(48-35(45)6-5-17-39-20-24-9-7-23(8-10-24)11-12-25(43)22-42)13-15-32(29)40-36-30(27)21-41-33(36)19-31-28(37(41)46)14-16-34(44)38(31,47)4-2/h7-13,15,18-19,39,42,47H,3-6,14,16-17,20-22H2,1-2H3/b12-11+/t38-/m0/s1. The first-order chi connectivity index (χ1) is 23.2. The van der Waals surface area contributed by atoms with Crippen LogP contribution in [-0.2, 0) is 45.9 Å². The summed E-state index contributed by atoms with van der Waals surface area (Å²) in [5, 5.41) is 24.3. The number of nitrogens with zero attached hydrogens (tertiary/aromatic N) is 2. The minimum Gasteiger partial charge on any atom is -0.427 e. The van der Waals surface area contributed by atoms with Crippen LogP contribution < -0.4 is 15.6 Å². The fourth-order valence-corrected chi connectivity index (χ4v) is 6.75. The lowest BCUT2D eigenvalue weighted by molar-refractivity contribution is -0.140. The second kappa shape index (κ2) is 13.8. The number of hydrogen-bond acceptors (Lipinski definition) is 9. The first-order valence-corrected chi connectivity index (χ1v) is 16.5. The molecule has 0 bridgehead atoms. The molecule has 10 nitrogen and oxygen atoms in total. The molecule has 0 fully saturated rings. The van der Waals surface area contributed by atoms with Crippen molar-refractivity contribution in [3.63, 3.8) is 0 Å². The van der Waals surface area contributed by atoms with Crippen molar-refractivity contribution in [2.24, 2.45) is 0 Å². The van der Waals surface area contributed by atoms with E-state index in [1.54, 1.807) is 29.7 Å². The molecule has 1 aliphatic carbocycles. The molecular formula is C38H39N3O7. The minimum absolute atomic E-state index is 0.144. The highest BCUT2D eigenvalue weighted by Gasteiger charge is 2.43. The third-order valence-corrected chi connectivity index (χ3v) is 9.40.